The maximum absolute atomic E-state index is 11.8. The molecule has 0 rings (SSSR count). The Morgan fingerprint density at radius 2 is 1.71 bits per heavy atom. The topological polar surface area (TPSA) is 69.7 Å². The summed E-state index contributed by atoms with van der Waals surface area (Å²) in [5.41, 5.74) is 0.287. The van der Waals surface area contributed by atoms with E-state index in [2.05, 4.69) is 6.92 Å². The zero-order chi connectivity index (χ0) is 16.1. The summed E-state index contributed by atoms with van der Waals surface area (Å²) in [5, 5.41) is 0. The number of methoxy groups -OCH3 is 1. The molecule has 0 bridgehead atoms. The summed E-state index contributed by atoms with van der Waals surface area (Å²) >= 11 is 0. The van der Waals surface area contributed by atoms with Gasteiger partial charge in [-0.05, 0) is 12.8 Å². The SMILES string of the molecule is CCCCCCC/C(OC(C)=O)=C(\CCC=O)C(=O)OC. The lowest BCUT2D eigenvalue weighted by atomic mass is 10.0. The lowest BCUT2D eigenvalue weighted by Gasteiger charge is -2.13. The molecule has 0 aliphatic rings. The van der Waals surface area contributed by atoms with Gasteiger partial charge in [-0.15, -0.1) is 0 Å². The molecule has 0 saturated heterocycles. The third kappa shape index (κ3) is 9.00. The molecule has 5 heteroatoms. The van der Waals surface area contributed by atoms with Gasteiger partial charge in [-0.25, -0.2) is 4.79 Å². The number of carbonyl (C=O) groups is 3. The van der Waals surface area contributed by atoms with E-state index >= 15 is 0 Å². The van der Waals surface area contributed by atoms with Gasteiger partial charge in [0.1, 0.15) is 12.0 Å². The second kappa shape index (κ2) is 12.1. The fraction of sp³-hybridized carbons (Fsp3) is 0.688. The Kier molecular flexibility index (Phi) is 11.2. The molecule has 0 aromatic heterocycles. The van der Waals surface area contributed by atoms with E-state index in [9.17, 15) is 14.4 Å². The van der Waals surface area contributed by atoms with E-state index in [-0.39, 0.29) is 18.4 Å². The molecule has 0 aliphatic carbocycles. The molecule has 21 heavy (non-hydrogen) atoms. The van der Waals surface area contributed by atoms with Gasteiger partial charge in [0.05, 0.1) is 12.7 Å². The Bertz CT molecular complexity index is 371. The highest BCUT2D eigenvalue weighted by Crippen LogP contribution is 2.20. The Hall–Kier alpha value is -1.65. The second-order valence-electron chi connectivity index (χ2n) is 4.86. The first-order chi connectivity index (χ1) is 10.1. The van der Waals surface area contributed by atoms with Gasteiger partial charge in [0.15, 0.2) is 0 Å². The summed E-state index contributed by atoms with van der Waals surface area (Å²) in [6.07, 6.45) is 6.96. The highest BCUT2D eigenvalue weighted by Gasteiger charge is 2.18. The Labute approximate surface area is 126 Å². The van der Waals surface area contributed by atoms with E-state index in [1.807, 2.05) is 0 Å². The van der Waals surface area contributed by atoms with Crippen LogP contribution in [-0.4, -0.2) is 25.3 Å². The summed E-state index contributed by atoms with van der Waals surface area (Å²) in [6, 6.07) is 0. The molecular formula is C16H26O5. The Balaban J connectivity index is 4.89. The van der Waals surface area contributed by atoms with Crippen LogP contribution < -0.4 is 0 Å². The summed E-state index contributed by atoms with van der Waals surface area (Å²) in [7, 11) is 1.27. The summed E-state index contributed by atoms with van der Waals surface area (Å²) in [6.45, 7) is 3.44. The van der Waals surface area contributed by atoms with Crippen molar-refractivity contribution in [1.29, 1.82) is 0 Å². The van der Waals surface area contributed by atoms with E-state index in [0.717, 1.165) is 32.0 Å². The first kappa shape index (κ1) is 19.4. The monoisotopic (exact) mass is 298 g/mol. The van der Waals surface area contributed by atoms with Crippen molar-refractivity contribution in [2.75, 3.05) is 7.11 Å². The molecule has 0 unspecified atom stereocenters. The number of hydrogen-bond acceptors (Lipinski definition) is 5. The number of ether oxygens (including phenoxy) is 2. The number of aldehydes is 1. The molecule has 0 N–H and O–H groups in total. The smallest absolute Gasteiger partial charge is 0.337 e. The van der Waals surface area contributed by atoms with Crippen LogP contribution in [0.1, 0.15) is 65.2 Å². The van der Waals surface area contributed by atoms with E-state index < -0.39 is 11.9 Å². The minimum absolute atomic E-state index is 0.199. The molecule has 0 heterocycles. The van der Waals surface area contributed by atoms with Crippen LogP contribution in [0.3, 0.4) is 0 Å². The highest BCUT2D eigenvalue weighted by molar-refractivity contribution is 5.89. The number of unbranched alkanes of at least 4 members (excludes halogenated alkanes) is 4. The molecule has 0 atom stereocenters. The van der Waals surface area contributed by atoms with Crippen molar-refractivity contribution in [2.45, 2.75) is 65.2 Å². The average molecular weight is 298 g/mol. The minimum atomic E-state index is -0.540. The number of carbonyl (C=O) groups excluding carboxylic acids is 3. The normalized spacial score (nSPS) is 11.6. The molecule has 5 nitrogen and oxygen atoms in total. The molecule has 0 aromatic rings. The van der Waals surface area contributed by atoms with Gasteiger partial charge in [0.25, 0.3) is 0 Å². The van der Waals surface area contributed by atoms with Gasteiger partial charge in [-0.3, -0.25) is 4.79 Å². The molecule has 0 aromatic carbocycles. The molecule has 120 valence electrons. The standard InChI is InChI=1S/C16H26O5/c1-4-5-6-7-8-11-15(21-13(2)18)14(10-9-12-17)16(19)20-3/h12H,4-11H2,1-3H3/b15-14-. The van der Waals surface area contributed by atoms with Crippen molar-refractivity contribution in [3.63, 3.8) is 0 Å². The summed E-state index contributed by atoms with van der Waals surface area (Å²) < 4.78 is 9.88. The van der Waals surface area contributed by atoms with Crippen LogP contribution in [0.4, 0.5) is 0 Å². The van der Waals surface area contributed by atoms with Crippen molar-refractivity contribution >= 4 is 18.2 Å². The average Bonchev–Trinajstić information content (AvgIpc) is 2.46. The van der Waals surface area contributed by atoms with Gasteiger partial charge in [-0.2, -0.15) is 0 Å². The molecule has 0 fully saturated rings. The predicted molar refractivity (Wildman–Crippen MR) is 79.5 cm³/mol. The third-order valence-corrected chi connectivity index (χ3v) is 3.05. The number of allylic oxidation sites excluding steroid dienone is 1. The number of esters is 2. The van der Waals surface area contributed by atoms with Crippen molar-refractivity contribution in [2.24, 2.45) is 0 Å². The van der Waals surface area contributed by atoms with E-state index in [1.165, 1.54) is 20.5 Å². The molecule has 0 spiro atoms. The van der Waals surface area contributed by atoms with Crippen LogP contribution in [-0.2, 0) is 23.9 Å². The number of hydrogen-bond donors (Lipinski definition) is 0. The maximum Gasteiger partial charge on any atom is 0.337 e. The van der Waals surface area contributed by atoms with Gasteiger partial charge in [0, 0.05) is 19.8 Å². The van der Waals surface area contributed by atoms with Crippen LogP contribution in [0.15, 0.2) is 11.3 Å². The molecule has 0 aliphatic heterocycles. The molecular weight excluding hydrogens is 272 g/mol. The molecule has 0 amide bonds. The van der Waals surface area contributed by atoms with Crippen molar-refractivity contribution < 1.29 is 23.9 Å². The third-order valence-electron chi connectivity index (χ3n) is 3.05. The van der Waals surface area contributed by atoms with Crippen LogP contribution in [0, 0.1) is 0 Å². The van der Waals surface area contributed by atoms with E-state index in [0.29, 0.717) is 12.2 Å². The first-order valence-corrected chi connectivity index (χ1v) is 7.49. The predicted octanol–water partition coefficient (Wildman–Crippen LogP) is 3.32. The van der Waals surface area contributed by atoms with Gasteiger partial charge >= 0.3 is 11.9 Å². The van der Waals surface area contributed by atoms with E-state index in [1.54, 1.807) is 0 Å². The van der Waals surface area contributed by atoms with Crippen molar-refractivity contribution in [1.82, 2.24) is 0 Å². The van der Waals surface area contributed by atoms with Crippen molar-refractivity contribution in [3.05, 3.63) is 11.3 Å². The lowest BCUT2D eigenvalue weighted by molar-refractivity contribution is -0.138. The first-order valence-electron chi connectivity index (χ1n) is 7.49. The fourth-order valence-corrected chi connectivity index (χ4v) is 2.01. The maximum atomic E-state index is 11.8. The van der Waals surface area contributed by atoms with E-state index in [4.69, 9.17) is 9.47 Å². The van der Waals surface area contributed by atoms with Crippen LogP contribution >= 0.6 is 0 Å². The summed E-state index contributed by atoms with van der Waals surface area (Å²) in [4.78, 5) is 33.5. The fourth-order valence-electron chi connectivity index (χ4n) is 2.01. The Morgan fingerprint density at radius 1 is 1.05 bits per heavy atom. The minimum Gasteiger partial charge on any atom is -0.466 e. The largest absolute Gasteiger partial charge is 0.466 e. The number of rotatable bonds is 11. The van der Waals surface area contributed by atoms with Crippen LogP contribution in [0.2, 0.25) is 0 Å². The highest BCUT2D eigenvalue weighted by atomic mass is 16.5. The van der Waals surface area contributed by atoms with Gasteiger partial charge in [-0.1, -0.05) is 32.6 Å². The van der Waals surface area contributed by atoms with Crippen molar-refractivity contribution in [3.8, 4) is 0 Å². The second-order valence-corrected chi connectivity index (χ2v) is 4.86. The van der Waals surface area contributed by atoms with Crippen LogP contribution in [0.5, 0.6) is 0 Å². The summed E-state index contributed by atoms with van der Waals surface area (Å²) in [5.74, 6) is -0.666. The quantitative estimate of drug-likeness (QED) is 0.192. The van der Waals surface area contributed by atoms with Gasteiger partial charge < -0.3 is 14.3 Å². The lowest BCUT2D eigenvalue weighted by Crippen LogP contribution is -2.12. The molecule has 0 saturated carbocycles. The zero-order valence-electron chi connectivity index (χ0n) is 13.3. The molecule has 0 radical (unpaired) electrons. The Morgan fingerprint density at radius 3 is 2.24 bits per heavy atom. The zero-order valence-corrected chi connectivity index (χ0v) is 13.3. The van der Waals surface area contributed by atoms with Gasteiger partial charge in [0.2, 0.25) is 0 Å². The van der Waals surface area contributed by atoms with Crippen LogP contribution in [0.25, 0.3) is 0 Å².